The van der Waals surface area contributed by atoms with E-state index in [9.17, 15) is 19.5 Å². The number of amides is 2. The molecule has 1 aromatic heterocycles. The van der Waals surface area contributed by atoms with Gasteiger partial charge in [0.2, 0.25) is 5.91 Å². The van der Waals surface area contributed by atoms with E-state index in [0.29, 0.717) is 11.3 Å². The van der Waals surface area contributed by atoms with E-state index in [4.69, 9.17) is 5.73 Å². The number of carbonyl (C=O) groups is 3. The van der Waals surface area contributed by atoms with Gasteiger partial charge in [0.25, 0.3) is 5.91 Å². The molecule has 1 fully saturated rings. The van der Waals surface area contributed by atoms with E-state index in [0.717, 1.165) is 15.0 Å². The fourth-order valence-corrected chi connectivity index (χ4v) is 5.66. The molecule has 1 saturated heterocycles. The number of carbonyl (C=O) groups excluding carboxylic acids is 2. The molecule has 4 rings (SSSR count). The highest BCUT2D eigenvalue weighted by Crippen LogP contribution is 2.40. The maximum atomic E-state index is 12.6. The summed E-state index contributed by atoms with van der Waals surface area (Å²) in [5.41, 5.74) is 6.76. The summed E-state index contributed by atoms with van der Waals surface area (Å²) in [7, 11) is 0. The van der Waals surface area contributed by atoms with Crippen molar-refractivity contribution in [1.29, 1.82) is 0 Å². The molecule has 0 saturated carbocycles. The van der Waals surface area contributed by atoms with Crippen LogP contribution >= 0.6 is 23.1 Å². The van der Waals surface area contributed by atoms with Crippen LogP contribution in [-0.2, 0) is 14.4 Å². The SMILES string of the molecule is CC1=C(C(=O)O)N2C(=O)C(NC(=O)[C@@H](N)c3cc4ccccc4s3)C2SC1. The normalized spacial score (nSPS) is 23.0. The maximum absolute atomic E-state index is 12.6. The number of thioether (sulfide) groups is 1. The van der Waals surface area contributed by atoms with Crippen LogP contribution in [0.25, 0.3) is 10.1 Å². The van der Waals surface area contributed by atoms with Gasteiger partial charge < -0.3 is 16.2 Å². The average molecular weight is 403 g/mol. The number of hydrogen-bond donors (Lipinski definition) is 3. The molecular weight excluding hydrogens is 386 g/mol. The first-order valence-corrected chi connectivity index (χ1v) is 10.2. The Labute approximate surface area is 163 Å². The molecule has 0 radical (unpaired) electrons. The van der Waals surface area contributed by atoms with Crippen molar-refractivity contribution < 1.29 is 19.5 Å². The van der Waals surface area contributed by atoms with E-state index in [2.05, 4.69) is 5.32 Å². The van der Waals surface area contributed by atoms with E-state index in [1.807, 2.05) is 30.3 Å². The summed E-state index contributed by atoms with van der Waals surface area (Å²) in [5.74, 6) is -1.48. The van der Waals surface area contributed by atoms with Crippen LogP contribution in [0.2, 0.25) is 0 Å². The zero-order chi connectivity index (χ0) is 19.3. The Kier molecular flexibility index (Phi) is 4.45. The van der Waals surface area contributed by atoms with Gasteiger partial charge in [0.05, 0.1) is 0 Å². The third-order valence-electron chi connectivity index (χ3n) is 4.69. The van der Waals surface area contributed by atoms with Crippen LogP contribution in [0.3, 0.4) is 0 Å². The molecule has 2 aromatic rings. The molecule has 2 aliphatic rings. The van der Waals surface area contributed by atoms with Crippen molar-refractivity contribution in [2.75, 3.05) is 5.75 Å². The maximum Gasteiger partial charge on any atom is 0.352 e. The van der Waals surface area contributed by atoms with E-state index < -0.39 is 35.2 Å². The fraction of sp³-hybridized carbons (Fsp3) is 0.278. The summed E-state index contributed by atoms with van der Waals surface area (Å²) in [6, 6.07) is 7.99. The van der Waals surface area contributed by atoms with Crippen molar-refractivity contribution in [3.8, 4) is 0 Å². The molecule has 2 unspecified atom stereocenters. The average Bonchev–Trinajstić information content (AvgIpc) is 3.08. The molecule has 3 atom stereocenters. The van der Waals surface area contributed by atoms with Crippen molar-refractivity contribution in [3.63, 3.8) is 0 Å². The van der Waals surface area contributed by atoms with Crippen LogP contribution in [0.15, 0.2) is 41.6 Å². The van der Waals surface area contributed by atoms with Gasteiger partial charge in [0, 0.05) is 15.3 Å². The number of benzene rings is 1. The quantitative estimate of drug-likeness (QED) is 0.669. The summed E-state index contributed by atoms with van der Waals surface area (Å²) in [6.07, 6.45) is 0. The van der Waals surface area contributed by atoms with Gasteiger partial charge in [-0.05, 0) is 30.0 Å². The number of carboxylic acid groups (broad SMARTS) is 1. The van der Waals surface area contributed by atoms with Crippen molar-refractivity contribution in [1.82, 2.24) is 10.2 Å². The van der Waals surface area contributed by atoms with Gasteiger partial charge in [-0.2, -0.15) is 0 Å². The minimum Gasteiger partial charge on any atom is -0.477 e. The highest BCUT2D eigenvalue weighted by Gasteiger charge is 2.53. The highest BCUT2D eigenvalue weighted by molar-refractivity contribution is 8.00. The molecule has 2 aliphatic heterocycles. The van der Waals surface area contributed by atoms with E-state index >= 15 is 0 Å². The Morgan fingerprint density at radius 2 is 2.11 bits per heavy atom. The van der Waals surface area contributed by atoms with Crippen LogP contribution in [0.4, 0.5) is 0 Å². The number of nitrogens with zero attached hydrogens (tertiary/aromatic N) is 1. The van der Waals surface area contributed by atoms with E-state index in [1.165, 1.54) is 28.0 Å². The fourth-order valence-electron chi connectivity index (χ4n) is 3.30. The molecule has 3 heterocycles. The summed E-state index contributed by atoms with van der Waals surface area (Å²) < 4.78 is 1.04. The Morgan fingerprint density at radius 3 is 2.81 bits per heavy atom. The Morgan fingerprint density at radius 1 is 1.37 bits per heavy atom. The second-order valence-electron chi connectivity index (χ2n) is 6.49. The van der Waals surface area contributed by atoms with Gasteiger partial charge in [-0.25, -0.2) is 4.79 Å². The molecule has 140 valence electrons. The molecule has 2 amide bonds. The second-order valence-corrected chi connectivity index (χ2v) is 8.71. The third-order valence-corrected chi connectivity index (χ3v) is 7.32. The van der Waals surface area contributed by atoms with Gasteiger partial charge in [-0.1, -0.05) is 18.2 Å². The first-order valence-electron chi connectivity index (χ1n) is 8.30. The van der Waals surface area contributed by atoms with Crippen molar-refractivity contribution in [2.24, 2.45) is 5.73 Å². The number of β-lactam (4-membered cyclic amide) rings is 1. The summed E-state index contributed by atoms with van der Waals surface area (Å²) >= 11 is 2.88. The van der Waals surface area contributed by atoms with Crippen LogP contribution in [0.5, 0.6) is 0 Å². The Bertz CT molecular complexity index is 966. The number of thiophene rings is 1. The van der Waals surface area contributed by atoms with Gasteiger partial charge in [0.1, 0.15) is 23.2 Å². The smallest absolute Gasteiger partial charge is 0.352 e. The number of aliphatic carboxylic acids is 1. The molecule has 7 nitrogen and oxygen atoms in total. The van der Waals surface area contributed by atoms with Crippen LogP contribution in [-0.4, -0.2) is 45.0 Å². The van der Waals surface area contributed by atoms with Crippen molar-refractivity contribution in [2.45, 2.75) is 24.4 Å². The summed E-state index contributed by atoms with van der Waals surface area (Å²) in [4.78, 5) is 38.4. The number of nitrogens with one attached hydrogen (secondary N) is 1. The van der Waals surface area contributed by atoms with Crippen LogP contribution < -0.4 is 11.1 Å². The molecule has 1 aromatic carbocycles. The predicted molar refractivity (Wildman–Crippen MR) is 104 cm³/mol. The largest absolute Gasteiger partial charge is 0.477 e. The lowest BCUT2D eigenvalue weighted by molar-refractivity contribution is -0.150. The molecule has 9 heteroatoms. The molecule has 4 N–H and O–H groups in total. The minimum atomic E-state index is -1.13. The lowest BCUT2D eigenvalue weighted by Gasteiger charge is -2.49. The van der Waals surface area contributed by atoms with Crippen molar-refractivity contribution >= 4 is 51.0 Å². The van der Waals surface area contributed by atoms with Gasteiger partial charge in [0.15, 0.2) is 0 Å². The first-order chi connectivity index (χ1) is 12.9. The number of rotatable bonds is 4. The number of carboxylic acids is 1. The minimum absolute atomic E-state index is 0.0167. The van der Waals surface area contributed by atoms with E-state index in [-0.39, 0.29) is 5.70 Å². The zero-order valence-corrected chi connectivity index (χ0v) is 16.0. The zero-order valence-electron chi connectivity index (χ0n) is 14.3. The highest BCUT2D eigenvalue weighted by atomic mass is 32.2. The van der Waals surface area contributed by atoms with Crippen molar-refractivity contribution in [3.05, 3.63) is 46.5 Å². The number of fused-ring (bicyclic) bond motifs is 2. The van der Waals surface area contributed by atoms with Crippen LogP contribution in [0, 0.1) is 0 Å². The summed E-state index contributed by atoms with van der Waals surface area (Å²) in [6.45, 7) is 1.70. The first kappa shape index (κ1) is 18.0. The number of nitrogens with two attached hydrogens (primary N) is 1. The monoisotopic (exact) mass is 403 g/mol. The standard InChI is InChI=1S/C18H17N3O4S2/c1-8-7-26-17-13(16(23)21(17)14(8)18(24)25)20-15(22)12(19)11-6-9-4-2-3-5-10(9)27-11/h2-6,12-13,17H,7,19H2,1H3,(H,20,22)(H,24,25)/t12-,13?,17?/m0/s1. The lowest BCUT2D eigenvalue weighted by Crippen LogP contribution is -2.71. The van der Waals surface area contributed by atoms with Crippen LogP contribution in [0.1, 0.15) is 17.8 Å². The van der Waals surface area contributed by atoms with Gasteiger partial charge in [-0.15, -0.1) is 23.1 Å². The number of hydrogen-bond acceptors (Lipinski definition) is 6. The molecule has 0 spiro atoms. The second kappa shape index (κ2) is 6.66. The molecule has 0 bridgehead atoms. The van der Waals surface area contributed by atoms with E-state index in [1.54, 1.807) is 6.92 Å². The molecule has 0 aliphatic carbocycles. The molecular formula is C18H17N3O4S2. The predicted octanol–water partition coefficient (Wildman–Crippen LogP) is 1.66. The summed E-state index contributed by atoms with van der Waals surface area (Å²) in [5, 5.41) is 12.7. The third kappa shape index (κ3) is 2.91. The Balaban J connectivity index is 1.49. The lowest BCUT2D eigenvalue weighted by atomic mass is 10.0. The Hall–Kier alpha value is -2.36. The topological polar surface area (TPSA) is 113 Å². The van der Waals surface area contributed by atoms with Gasteiger partial charge in [-0.3, -0.25) is 14.5 Å². The van der Waals surface area contributed by atoms with Gasteiger partial charge >= 0.3 is 5.97 Å². The molecule has 27 heavy (non-hydrogen) atoms.